The number of amidine groups is 1. The summed E-state index contributed by atoms with van der Waals surface area (Å²) in [5, 5.41) is 0. The Labute approximate surface area is 112 Å². The van der Waals surface area contributed by atoms with E-state index in [1.165, 1.54) is 5.56 Å². The van der Waals surface area contributed by atoms with Crippen molar-refractivity contribution in [2.24, 2.45) is 10.7 Å². The summed E-state index contributed by atoms with van der Waals surface area (Å²) in [4.78, 5) is 8.68. The van der Waals surface area contributed by atoms with E-state index in [0.29, 0.717) is 5.84 Å². The molecule has 1 aromatic carbocycles. The van der Waals surface area contributed by atoms with Gasteiger partial charge >= 0.3 is 0 Å². The van der Waals surface area contributed by atoms with Gasteiger partial charge in [-0.3, -0.25) is 9.98 Å². The van der Waals surface area contributed by atoms with Crippen LogP contribution in [0.15, 0.2) is 53.8 Å². The summed E-state index contributed by atoms with van der Waals surface area (Å²) in [5.41, 5.74) is 9.44. The fourth-order valence-electron chi connectivity index (χ4n) is 2.21. The molecule has 1 aromatic heterocycles. The van der Waals surface area contributed by atoms with E-state index < -0.39 is 0 Å². The molecule has 2 N–H and O–H groups in total. The van der Waals surface area contributed by atoms with E-state index in [1.807, 2.05) is 36.5 Å². The number of benzene rings is 1. The molecule has 0 aliphatic carbocycles. The van der Waals surface area contributed by atoms with Crippen LogP contribution in [0.4, 0.5) is 0 Å². The van der Waals surface area contributed by atoms with Crippen LogP contribution in [0.1, 0.15) is 22.7 Å². The Kier molecular flexibility index (Phi) is 3.63. The molecule has 3 rings (SSSR count). The molecule has 0 radical (unpaired) electrons. The van der Waals surface area contributed by atoms with Crippen molar-refractivity contribution in [1.29, 1.82) is 0 Å². The quantitative estimate of drug-likeness (QED) is 0.856. The number of fused-ring (bicyclic) bond motifs is 1. The minimum atomic E-state index is 0. The summed E-state index contributed by atoms with van der Waals surface area (Å²) < 4.78 is 0. The molecule has 1 aliphatic rings. The van der Waals surface area contributed by atoms with E-state index in [9.17, 15) is 0 Å². The number of nitrogens with zero attached hydrogens (tertiary/aromatic N) is 2. The van der Waals surface area contributed by atoms with Gasteiger partial charge in [0.15, 0.2) is 0 Å². The third-order valence-corrected chi connectivity index (χ3v) is 3.07. The van der Waals surface area contributed by atoms with Crippen LogP contribution in [-0.4, -0.2) is 10.8 Å². The van der Waals surface area contributed by atoms with Crippen LogP contribution in [0.25, 0.3) is 0 Å². The fraction of sp³-hybridized carbons (Fsp3) is 0.143. The molecule has 0 spiro atoms. The molecule has 3 nitrogen and oxygen atoms in total. The average molecular weight is 260 g/mol. The molecule has 2 heterocycles. The minimum Gasteiger partial charge on any atom is -0.383 e. The maximum Gasteiger partial charge on any atom is 0.126 e. The van der Waals surface area contributed by atoms with Gasteiger partial charge in [-0.15, -0.1) is 12.4 Å². The van der Waals surface area contributed by atoms with Gasteiger partial charge < -0.3 is 5.73 Å². The lowest BCUT2D eigenvalue weighted by atomic mass is 9.93. The number of rotatable bonds is 1. The van der Waals surface area contributed by atoms with E-state index in [0.717, 1.165) is 17.5 Å². The van der Waals surface area contributed by atoms with Crippen LogP contribution in [-0.2, 0) is 6.42 Å². The van der Waals surface area contributed by atoms with Crippen LogP contribution in [0.2, 0.25) is 0 Å². The van der Waals surface area contributed by atoms with Crippen LogP contribution in [0.5, 0.6) is 0 Å². The maximum absolute atomic E-state index is 6.00. The van der Waals surface area contributed by atoms with Crippen LogP contribution in [0, 0.1) is 0 Å². The Morgan fingerprint density at radius 1 is 1.11 bits per heavy atom. The van der Waals surface area contributed by atoms with Gasteiger partial charge in [0.1, 0.15) is 5.84 Å². The first-order valence-corrected chi connectivity index (χ1v) is 5.66. The molecular formula is C14H14ClN3. The van der Waals surface area contributed by atoms with E-state index in [4.69, 9.17) is 5.73 Å². The summed E-state index contributed by atoms with van der Waals surface area (Å²) in [7, 11) is 0. The summed E-state index contributed by atoms with van der Waals surface area (Å²) >= 11 is 0. The van der Waals surface area contributed by atoms with Crippen molar-refractivity contribution in [3.8, 4) is 0 Å². The number of halogens is 1. The zero-order valence-electron chi connectivity index (χ0n) is 9.78. The van der Waals surface area contributed by atoms with Crippen molar-refractivity contribution < 1.29 is 0 Å². The molecule has 0 amide bonds. The molecular weight excluding hydrogens is 246 g/mol. The van der Waals surface area contributed by atoms with Gasteiger partial charge in [-0.2, -0.15) is 0 Å². The van der Waals surface area contributed by atoms with Gasteiger partial charge in [-0.1, -0.05) is 30.3 Å². The first-order chi connectivity index (χ1) is 8.34. The third-order valence-electron chi connectivity index (χ3n) is 3.07. The van der Waals surface area contributed by atoms with Crippen LogP contribution < -0.4 is 5.73 Å². The molecule has 1 atom stereocenters. The second-order valence-electron chi connectivity index (χ2n) is 4.18. The highest BCUT2D eigenvalue weighted by Gasteiger charge is 2.20. The summed E-state index contributed by atoms with van der Waals surface area (Å²) in [6, 6.07) is 12.2. The van der Waals surface area contributed by atoms with Gasteiger partial charge in [0.2, 0.25) is 0 Å². The van der Waals surface area contributed by atoms with Crippen molar-refractivity contribution >= 4 is 18.2 Å². The summed E-state index contributed by atoms with van der Waals surface area (Å²) in [6.45, 7) is 0. The fourth-order valence-corrected chi connectivity index (χ4v) is 2.21. The Balaban J connectivity index is 0.00000120. The van der Waals surface area contributed by atoms with E-state index in [-0.39, 0.29) is 18.4 Å². The van der Waals surface area contributed by atoms with Crippen LogP contribution >= 0.6 is 12.4 Å². The number of hydrogen-bond donors (Lipinski definition) is 1. The Morgan fingerprint density at radius 2 is 1.94 bits per heavy atom. The highest BCUT2D eigenvalue weighted by atomic mass is 35.5. The lowest BCUT2D eigenvalue weighted by Crippen LogP contribution is -2.22. The Hall–Kier alpha value is -1.87. The lowest BCUT2D eigenvalue weighted by molar-refractivity contribution is 0.706. The molecule has 0 saturated heterocycles. The number of aromatic nitrogens is 1. The van der Waals surface area contributed by atoms with Gasteiger partial charge in [-0.25, -0.2) is 0 Å². The predicted molar refractivity (Wildman–Crippen MR) is 75.1 cm³/mol. The zero-order valence-corrected chi connectivity index (χ0v) is 10.6. The topological polar surface area (TPSA) is 51.3 Å². The number of pyridine rings is 1. The van der Waals surface area contributed by atoms with Gasteiger partial charge in [0, 0.05) is 18.0 Å². The number of hydrogen-bond acceptors (Lipinski definition) is 3. The summed E-state index contributed by atoms with van der Waals surface area (Å²) in [6.07, 6.45) is 4.52. The molecule has 1 aliphatic heterocycles. The normalized spacial score (nSPS) is 17.3. The molecule has 4 heteroatoms. The van der Waals surface area contributed by atoms with Gasteiger partial charge in [-0.05, 0) is 23.6 Å². The second-order valence-corrected chi connectivity index (χ2v) is 4.18. The standard InChI is InChI=1S/C14H13N3.ClH/c15-14-12-6-2-1-4-10(12)8-13(17-14)11-5-3-7-16-9-11;/h1-7,9,13H,8H2,(H2,15,17);1H. The molecule has 18 heavy (non-hydrogen) atoms. The number of aliphatic imine (C=N–C) groups is 1. The second kappa shape index (κ2) is 5.19. The smallest absolute Gasteiger partial charge is 0.126 e. The molecule has 0 saturated carbocycles. The van der Waals surface area contributed by atoms with E-state index in [2.05, 4.69) is 16.0 Å². The highest BCUT2D eigenvalue weighted by Crippen LogP contribution is 2.27. The Bertz CT molecular complexity index is 566. The lowest BCUT2D eigenvalue weighted by Gasteiger charge is -2.21. The van der Waals surface area contributed by atoms with E-state index in [1.54, 1.807) is 6.20 Å². The highest BCUT2D eigenvalue weighted by molar-refractivity contribution is 5.99. The van der Waals surface area contributed by atoms with Crippen molar-refractivity contribution in [2.75, 3.05) is 0 Å². The average Bonchev–Trinajstić information content (AvgIpc) is 2.40. The van der Waals surface area contributed by atoms with Gasteiger partial charge in [0.25, 0.3) is 0 Å². The van der Waals surface area contributed by atoms with Crippen molar-refractivity contribution in [2.45, 2.75) is 12.5 Å². The van der Waals surface area contributed by atoms with E-state index >= 15 is 0 Å². The van der Waals surface area contributed by atoms with Crippen LogP contribution in [0.3, 0.4) is 0 Å². The number of nitrogens with two attached hydrogens (primary N) is 1. The first-order valence-electron chi connectivity index (χ1n) is 5.66. The van der Waals surface area contributed by atoms with Gasteiger partial charge in [0.05, 0.1) is 6.04 Å². The maximum atomic E-state index is 6.00. The minimum absolute atomic E-state index is 0. The van der Waals surface area contributed by atoms with Crippen molar-refractivity contribution in [3.63, 3.8) is 0 Å². The monoisotopic (exact) mass is 259 g/mol. The molecule has 0 bridgehead atoms. The Morgan fingerprint density at radius 3 is 2.72 bits per heavy atom. The zero-order chi connectivity index (χ0) is 11.7. The third kappa shape index (κ3) is 2.22. The molecule has 2 aromatic rings. The largest absolute Gasteiger partial charge is 0.383 e. The molecule has 0 fully saturated rings. The first kappa shape index (κ1) is 12.6. The SMILES string of the molecule is Cl.NC1=NC(c2cccnc2)Cc2ccccc21. The predicted octanol–water partition coefficient (Wildman–Crippen LogP) is 2.51. The summed E-state index contributed by atoms with van der Waals surface area (Å²) in [5.74, 6) is 0.626. The van der Waals surface area contributed by atoms with Crippen molar-refractivity contribution in [3.05, 3.63) is 65.5 Å². The molecule has 1 unspecified atom stereocenters. The van der Waals surface area contributed by atoms with Crippen molar-refractivity contribution in [1.82, 2.24) is 4.98 Å². The molecule has 92 valence electrons.